The Morgan fingerprint density at radius 3 is 2.69 bits per heavy atom. The van der Waals surface area contributed by atoms with Crippen molar-refractivity contribution in [2.45, 2.75) is 26.4 Å². The van der Waals surface area contributed by atoms with Crippen LogP contribution < -0.4 is 10.3 Å². The van der Waals surface area contributed by atoms with Crippen molar-refractivity contribution in [2.75, 3.05) is 0 Å². The van der Waals surface area contributed by atoms with Gasteiger partial charge in [0.25, 0.3) is 5.56 Å². The zero-order chi connectivity index (χ0) is 23.6. The van der Waals surface area contributed by atoms with Gasteiger partial charge in [0.2, 0.25) is 5.75 Å². The highest BCUT2D eigenvalue weighted by Gasteiger charge is 2.25. The molecular weight excluding hydrogens is 552 g/mol. The summed E-state index contributed by atoms with van der Waals surface area (Å²) in [7, 11) is 0. The predicted molar refractivity (Wildman–Crippen MR) is 125 cm³/mol. The van der Waals surface area contributed by atoms with Gasteiger partial charge in [0, 0.05) is 27.0 Å². The quantitative estimate of drug-likeness (QED) is 0.257. The van der Waals surface area contributed by atoms with Crippen LogP contribution in [0.2, 0.25) is 0 Å². The van der Waals surface area contributed by atoms with Crippen molar-refractivity contribution in [3.8, 4) is 5.75 Å². The highest BCUT2D eigenvalue weighted by Crippen LogP contribution is 2.34. The second-order valence-corrected chi connectivity index (χ2v) is 8.43. The van der Waals surface area contributed by atoms with Crippen molar-refractivity contribution >= 4 is 60.6 Å². The lowest BCUT2D eigenvalue weighted by Gasteiger charge is -2.13. The minimum Gasteiger partial charge on any atom is -0.479 e. The van der Waals surface area contributed by atoms with Crippen LogP contribution in [-0.2, 0) is 11.2 Å². The maximum absolute atomic E-state index is 13.0. The molecule has 0 saturated heterocycles. The maximum Gasteiger partial charge on any atom is 0.344 e. The highest BCUT2D eigenvalue weighted by atomic mass is 79.9. The normalized spacial score (nSPS) is 12.2. The van der Waals surface area contributed by atoms with Crippen molar-refractivity contribution in [1.82, 2.24) is 9.66 Å². The molecule has 0 bridgehead atoms. The molecule has 166 valence electrons. The Kier molecular flexibility index (Phi) is 7.04. The van der Waals surface area contributed by atoms with Crippen LogP contribution in [-0.4, -0.2) is 38.0 Å². The molecule has 0 saturated carbocycles. The molecule has 3 aromatic rings. The summed E-state index contributed by atoms with van der Waals surface area (Å²) >= 11 is 6.52. The number of carbonyl (C=O) groups is 1. The van der Waals surface area contributed by atoms with E-state index in [0.717, 1.165) is 4.68 Å². The van der Waals surface area contributed by atoms with Crippen LogP contribution in [0.4, 0.5) is 5.69 Å². The van der Waals surface area contributed by atoms with Gasteiger partial charge in [-0.2, -0.15) is 9.78 Å². The van der Waals surface area contributed by atoms with Gasteiger partial charge in [0.15, 0.2) is 6.10 Å². The van der Waals surface area contributed by atoms with Crippen molar-refractivity contribution in [3.63, 3.8) is 0 Å². The average molecular weight is 568 g/mol. The number of fused-ring (bicyclic) bond motifs is 1. The number of aliphatic carboxylic acids is 1. The Bertz CT molecular complexity index is 1320. The first kappa shape index (κ1) is 23.5. The lowest BCUT2D eigenvalue weighted by Crippen LogP contribution is -2.24. The average Bonchev–Trinajstić information content (AvgIpc) is 2.74. The third-order valence-electron chi connectivity index (χ3n) is 4.41. The Labute approximate surface area is 197 Å². The third kappa shape index (κ3) is 4.86. The number of ether oxygens (including phenoxy) is 1. The standard InChI is InChI=1S/C20H16Br2N4O6/c1-3-17-24-15-5-4-12(21)7-14(15)19(27)25(17)23-9-11-6-13(22)8-16(26(30)31)18(11)32-10(2)20(28)29/h4-10H,3H2,1-2H3,(H,28,29)/t10-/m1/s1. The predicted octanol–water partition coefficient (Wildman–Crippen LogP) is 4.13. The van der Waals surface area contributed by atoms with Gasteiger partial charge in [-0.3, -0.25) is 14.9 Å². The zero-order valence-corrected chi connectivity index (χ0v) is 20.0. The van der Waals surface area contributed by atoms with Crippen molar-refractivity contribution in [3.05, 3.63) is 71.1 Å². The number of carboxylic acid groups (broad SMARTS) is 1. The van der Waals surface area contributed by atoms with E-state index in [1.165, 1.54) is 25.3 Å². The number of hydrogen-bond donors (Lipinski definition) is 1. The molecule has 0 aliphatic carbocycles. The molecule has 12 heteroatoms. The number of halogens is 2. The summed E-state index contributed by atoms with van der Waals surface area (Å²) in [5.74, 6) is -1.19. The van der Waals surface area contributed by atoms with Gasteiger partial charge in [-0.15, -0.1) is 0 Å². The van der Waals surface area contributed by atoms with E-state index in [1.54, 1.807) is 18.2 Å². The van der Waals surface area contributed by atoms with Gasteiger partial charge in [-0.05, 0) is 31.2 Å². The van der Waals surface area contributed by atoms with Gasteiger partial charge < -0.3 is 9.84 Å². The molecule has 0 amide bonds. The summed E-state index contributed by atoms with van der Waals surface area (Å²) in [6.07, 6.45) is 0.250. The monoisotopic (exact) mass is 566 g/mol. The topological polar surface area (TPSA) is 137 Å². The molecule has 0 unspecified atom stereocenters. The first-order valence-corrected chi connectivity index (χ1v) is 10.8. The molecule has 1 N–H and O–H groups in total. The number of nitro benzene ring substituents is 1. The van der Waals surface area contributed by atoms with Crippen LogP contribution in [0, 0.1) is 10.1 Å². The molecule has 2 aromatic carbocycles. The van der Waals surface area contributed by atoms with Crippen molar-refractivity contribution < 1.29 is 19.6 Å². The first-order chi connectivity index (χ1) is 15.1. The Morgan fingerprint density at radius 1 is 1.34 bits per heavy atom. The minimum absolute atomic E-state index is 0.113. The molecule has 3 rings (SSSR count). The summed E-state index contributed by atoms with van der Waals surface area (Å²) in [6, 6.07) is 7.78. The fraction of sp³-hybridized carbons (Fsp3) is 0.200. The van der Waals surface area contributed by atoms with Gasteiger partial charge in [-0.25, -0.2) is 9.78 Å². The molecule has 0 spiro atoms. The van der Waals surface area contributed by atoms with Gasteiger partial charge in [0.1, 0.15) is 5.82 Å². The van der Waals surface area contributed by atoms with Gasteiger partial charge in [0.05, 0.1) is 22.0 Å². The molecule has 0 aliphatic heterocycles. The SMILES string of the molecule is CCc1nc2ccc(Br)cc2c(=O)n1N=Cc1cc(Br)cc([N+](=O)[O-])c1O[C@H](C)C(=O)O. The smallest absolute Gasteiger partial charge is 0.344 e. The van der Waals surface area contributed by atoms with Crippen molar-refractivity contribution in [2.24, 2.45) is 5.10 Å². The second-order valence-electron chi connectivity index (χ2n) is 6.60. The summed E-state index contributed by atoms with van der Waals surface area (Å²) in [5, 5.41) is 25.2. The van der Waals surface area contributed by atoms with Crippen LogP contribution in [0.1, 0.15) is 25.2 Å². The van der Waals surface area contributed by atoms with Crippen molar-refractivity contribution in [1.29, 1.82) is 0 Å². The van der Waals surface area contributed by atoms with Gasteiger partial charge in [-0.1, -0.05) is 38.8 Å². The number of aryl methyl sites for hydroxylation is 1. The molecule has 32 heavy (non-hydrogen) atoms. The number of hydrogen-bond acceptors (Lipinski definition) is 7. The Hall–Kier alpha value is -3.12. The van der Waals surface area contributed by atoms with E-state index < -0.39 is 28.2 Å². The summed E-state index contributed by atoms with van der Waals surface area (Å²) in [4.78, 5) is 39.6. The fourth-order valence-electron chi connectivity index (χ4n) is 2.85. The van der Waals surface area contributed by atoms with Crippen LogP contribution in [0.15, 0.2) is 49.2 Å². The lowest BCUT2D eigenvalue weighted by molar-refractivity contribution is -0.386. The number of benzene rings is 2. The fourth-order valence-corrected chi connectivity index (χ4v) is 3.67. The van der Waals surface area contributed by atoms with Crippen LogP contribution in [0.25, 0.3) is 10.9 Å². The number of nitro groups is 1. The van der Waals surface area contributed by atoms with E-state index in [1.807, 2.05) is 6.92 Å². The number of nitrogens with zero attached hydrogens (tertiary/aromatic N) is 4. The number of carboxylic acids is 1. The molecule has 1 aromatic heterocycles. The first-order valence-electron chi connectivity index (χ1n) is 9.25. The van der Waals surface area contributed by atoms with E-state index in [9.17, 15) is 19.7 Å². The maximum atomic E-state index is 13.0. The number of aromatic nitrogens is 2. The molecule has 1 atom stereocenters. The van der Waals surface area contributed by atoms with E-state index in [-0.39, 0.29) is 11.3 Å². The lowest BCUT2D eigenvalue weighted by atomic mass is 10.2. The molecule has 0 fully saturated rings. The van der Waals surface area contributed by atoms with Crippen LogP contribution >= 0.6 is 31.9 Å². The molecule has 1 heterocycles. The van der Waals surface area contributed by atoms with E-state index in [0.29, 0.717) is 32.1 Å². The van der Waals surface area contributed by atoms with E-state index >= 15 is 0 Å². The summed E-state index contributed by atoms with van der Waals surface area (Å²) in [6.45, 7) is 3.06. The third-order valence-corrected chi connectivity index (χ3v) is 5.36. The second kappa shape index (κ2) is 9.57. The minimum atomic E-state index is -1.35. The molecule has 10 nitrogen and oxygen atoms in total. The Balaban J connectivity index is 2.20. The molecular formula is C20H16Br2N4O6. The largest absolute Gasteiger partial charge is 0.479 e. The summed E-state index contributed by atoms with van der Waals surface area (Å²) < 4.78 is 7.51. The van der Waals surface area contributed by atoms with Crippen LogP contribution in [0.5, 0.6) is 5.75 Å². The van der Waals surface area contributed by atoms with E-state index in [4.69, 9.17) is 9.84 Å². The molecule has 0 aliphatic rings. The van der Waals surface area contributed by atoms with E-state index in [2.05, 4.69) is 41.9 Å². The number of rotatable bonds is 7. The van der Waals surface area contributed by atoms with Crippen LogP contribution in [0.3, 0.4) is 0 Å². The highest BCUT2D eigenvalue weighted by molar-refractivity contribution is 9.10. The zero-order valence-electron chi connectivity index (χ0n) is 16.8. The summed E-state index contributed by atoms with van der Waals surface area (Å²) in [5.41, 5.74) is -0.241. The van der Waals surface area contributed by atoms with Gasteiger partial charge >= 0.3 is 11.7 Å². The molecule has 0 radical (unpaired) electrons. The Morgan fingerprint density at radius 2 is 2.06 bits per heavy atom.